The van der Waals surface area contributed by atoms with E-state index in [0.29, 0.717) is 36.2 Å². The fourth-order valence-electron chi connectivity index (χ4n) is 2.97. The number of halogens is 1. The molecule has 2 aliphatic carbocycles. The van der Waals surface area contributed by atoms with Crippen molar-refractivity contribution >= 4 is 0 Å². The summed E-state index contributed by atoms with van der Waals surface area (Å²) in [5, 5.41) is 0. The first kappa shape index (κ1) is 15.4. The molecule has 2 nitrogen and oxygen atoms in total. The summed E-state index contributed by atoms with van der Waals surface area (Å²) >= 11 is 0. The van der Waals surface area contributed by atoms with Crippen LogP contribution in [0.2, 0.25) is 0 Å². The first-order chi connectivity index (χ1) is 10.7. The van der Waals surface area contributed by atoms with Crippen molar-refractivity contribution in [1.29, 1.82) is 0 Å². The Balaban J connectivity index is 1.54. The standard InChI is InChI=1S/C19H25FO2/c1-14-17(21-12-4-7-15-8-9-15)10-11-18(19(14)20)22-13-16-5-2-3-6-16/h4,7,10-11,15-16H,2-3,5-6,8-9,12-13H2,1H3/b7-4+. The van der Waals surface area contributed by atoms with Gasteiger partial charge in [0, 0.05) is 5.56 Å². The highest BCUT2D eigenvalue weighted by Gasteiger charge is 2.18. The van der Waals surface area contributed by atoms with E-state index in [9.17, 15) is 4.39 Å². The van der Waals surface area contributed by atoms with Crippen LogP contribution in [0.15, 0.2) is 24.3 Å². The number of hydrogen-bond donors (Lipinski definition) is 0. The molecule has 0 aromatic heterocycles. The van der Waals surface area contributed by atoms with E-state index in [4.69, 9.17) is 9.47 Å². The molecule has 0 amide bonds. The minimum absolute atomic E-state index is 0.290. The Morgan fingerprint density at radius 2 is 1.82 bits per heavy atom. The molecule has 2 fully saturated rings. The second-order valence-electron chi connectivity index (χ2n) is 6.54. The maximum atomic E-state index is 14.4. The Hall–Kier alpha value is -1.51. The van der Waals surface area contributed by atoms with Gasteiger partial charge in [0.25, 0.3) is 0 Å². The van der Waals surface area contributed by atoms with Crippen molar-refractivity contribution in [3.8, 4) is 11.5 Å². The summed E-state index contributed by atoms with van der Waals surface area (Å²) in [6, 6.07) is 3.50. The van der Waals surface area contributed by atoms with Crippen LogP contribution in [0.5, 0.6) is 11.5 Å². The Labute approximate surface area is 132 Å². The van der Waals surface area contributed by atoms with Crippen LogP contribution in [0.25, 0.3) is 0 Å². The van der Waals surface area contributed by atoms with Crippen molar-refractivity contribution < 1.29 is 13.9 Å². The maximum Gasteiger partial charge on any atom is 0.171 e. The van der Waals surface area contributed by atoms with Crippen LogP contribution in [0.3, 0.4) is 0 Å². The molecular formula is C19H25FO2. The Kier molecular flexibility index (Phi) is 5.01. The van der Waals surface area contributed by atoms with E-state index in [1.165, 1.54) is 38.5 Å². The van der Waals surface area contributed by atoms with Gasteiger partial charge in [-0.05, 0) is 56.6 Å². The third-order valence-electron chi connectivity index (χ3n) is 4.62. The van der Waals surface area contributed by atoms with Gasteiger partial charge in [0.15, 0.2) is 11.6 Å². The second kappa shape index (κ2) is 7.17. The quantitative estimate of drug-likeness (QED) is 0.656. The van der Waals surface area contributed by atoms with Crippen LogP contribution in [-0.2, 0) is 0 Å². The zero-order valence-corrected chi connectivity index (χ0v) is 13.3. The highest BCUT2D eigenvalue weighted by molar-refractivity contribution is 5.41. The number of benzene rings is 1. The van der Waals surface area contributed by atoms with E-state index in [2.05, 4.69) is 6.08 Å². The zero-order valence-electron chi connectivity index (χ0n) is 13.3. The van der Waals surface area contributed by atoms with Crippen LogP contribution >= 0.6 is 0 Å². The van der Waals surface area contributed by atoms with Gasteiger partial charge in [-0.1, -0.05) is 25.0 Å². The molecule has 3 rings (SSSR count). The van der Waals surface area contributed by atoms with Gasteiger partial charge in [-0.2, -0.15) is 0 Å². The number of rotatable bonds is 7. The lowest BCUT2D eigenvalue weighted by atomic mass is 10.1. The average Bonchev–Trinajstić information content (AvgIpc) is 3.20. The van der Waals surface area contributed by atoms with Gasteiger partial charge in [-0.3, -0.25) is 0 Å². The fraction of sp³-hybridized carbons (Fsp3) is 0.579. The summed E-state index contributed by atoms with van der Waals surface area (Å²) in [5.41, 5.74) is 0.531. The molecule has 1 aromatic carbocycles. The Morgan fingerprint density at radius 3 is 2.55 bits per heavy atom. The lowest BCUT2D eigenvalue weighted by molar-refractivity contribution is 0.240. The largest absolute Gasteiger partial charge is 0.490 e. The van der Waals surface area contributed by atoms with Gasteiger partial charge in [0.2, 0.25) is 0 Å². The third kappa shape index (κ3) is 4.02. The smallest absolute Gasteiger partial charge is 0.171 e. The normalized spacial score (nSPS) is 19.0. The van der Waals surface area contributed by atoms with Crippen LogP contribution in [0.4, 0.5) is 4.39 Å². The number of ether oxygens (including phenoxy) is 2. The molecule has 0 atom stereocenters. The zero-order chi connectivity index (χ0) is 15.4. The van der Waals surface area contributed by atoms with Gasteiger partial charge in [-0.25, -0.2) is 4.39 Å². The molecule has 0 N–H and O–H groups in total. The summed E-state index contributed by atoms with van der Waals surface area (Å²) in [5.74, 6) is 1.99. The summed E-state index contributed by atoms with van der Waals surface area (Å²) in [4.78, 5) is 0. The van der Waals surface area contributed by atoms with E-state index in [0.717, 1.165) is 5.92 Å². The van der Waals surface area contributed by atoms with Crippen LogP contribution in [0, 0.1) is 24.6 Å². The number of allylic oxidation sites excluding steroid dienone is 1. The molecule has 0 saturated heterocycles. The molecule has 2 saturated carbocycles. The summed E-state index contributed by atoms with van der Waals surface area (Å²) in [6.45, 7) is 2.87. The highest BCUT2D eigenvalue weighted by Crippen LogP contribution is 2.31. The second-order valence-corrected chi connectivity index (χ2v) is 6.54. The fourth-order valence-corrected chi connectivity index (χ4v) is 2.97. The average molecular weight is 304 g/mol. The Morgan fingerprint density at radius 1 is 1.09 bits per heavy atom. The Bertz CT molecular complexity index is 528. The first-order valence-corrected chi connectivity index (χ1v) is 8.45. The topological polar surface area (TPSA) is 18.5 Å². The summed E-state index contributed by atoms with van der Waals surface area (Å²) < 4.78 is 25.7. The predicted octanol–water partition coefficient (Wildman–Crippen LogP) is 5.05. The molecule has 0 spiro atoms. The molecule has 2 aliphatic rings. The third-order valence-corrected chi connectivity index (χ3v) is 4.62. The molecule has 0 unspecified atom stereocenters. The lowest BCUT2D eigenvalue weighted by Gasteiger charge is -2.14. The number of hydrogen-bond acceptors (Lipinski definition) is 2. The van der Waals surface area contributed by atoms with Crippen molar-refractivity contribution in [2.45, 2.75) is 45.4 Å². The summed E-state index contributed by atoms with van der Waals surface area (Å²) in [6.07, 6.45) is 11.7. The monoisotopic (exact) mass is 304 g/mol. The van der Waals surface area contributed by atoms with Crippen molar-refractivity contribution in [1.82, 2.24) is 0 Å². The van der Waals surface area contributed by atoms with Crippen molar-refractivity contribution in [2.24, 2.45) is 11.8 Å². The SMILES string of the molecule is Cc1c(OC/C=C/C2CC2)ccc(OCC2CCCC2)c1F. The van der Waals surface area contributed by atoms with Crippen LogP contribution in [-0.4, -0.2) is 13.2 Å². The van der Waals surface area contributed by atoms with Crippen molar-refractivity contribution in [2.75, 3.05) is 13.2 Å². The molecule has 120 valence electrons. The molecule has 3 heteroatoms. The van der Waals surface area contributed by atoms with E-state index in [-0.39, 0.29) is 5.82 Å². The van der Waals surface area contributed by atoms with E-state index in [1.54, 1.807) is 13.0 Å². The van der Waals surface area contributed by atoms with Gasteiger partial charge in [0.05, 0.1) is 6.61 Å². The first-order valence-electron chi connectivity index (χ1n) is 8.45. The maximum absolute atomic E-state index is 14.4. The molecule has 0 heterocycles. The van der Waals surface area contributed by atoms with E-state index < -0.39 is 0 Å². The van der Waals surface area contributed by atoms with Crippen molar-refractivity contribution in [3.05, 3.63) is 35.7 Å². The molecule has 0 radical (unpaired) electrons. The minimum atomic E-state index is -0.290. The van der Waals surface area contributed by atoms with Gasteiger partial charge in [0.1, 0.15) is 12.4 Å². The molecule has 22 heavy (non-hydrogen) atoms. The molecular weight excluding hydrogens is 279 g/mol. The van der Waals surface area contributed by atoms with Crippen LogP contribution < -0.4 is 9.47 Å². The van der Waals surface area contributed by atoms with Crippen LogP contribution in [0.1, 0.15) is 44.1 Å². The summed E-state index contributed by atoms with van der Waals surface area (Å²) in [7, 11) is 0. The van der Waals surface area contributed by atoms with E-state index in [1.807, 2.05) is 12.1 Å². The molecule has 0 aliphatic heterocycles. The highest BCUT2D eigenvalue weighted by atomic mass is 19.1. The van der Waals surface area contributed by atoms with E-state index >= 15 is 0 Å². The minimum Gasteiger partial charge on any atom is -0.490 e. The molecule has 1 aromatic rings. The lowest BCUT2D eigenvalue weighted by Crippen LogP contribution is -2.09. The van der Waals surface area contributed by atoms with Gasteiger partial charge < -0.3 is 9.47 Å². The predicted molar refractivity (Wildman–Crippen MR) is 85.9 cm³/mol. The van der Waals surface area contributed by atoms with Crippen molar-refractivity contribution in [3.63, 3.8) is 0 Å². The van der Waals surface area contributed by atoms with Gasteiger partial charge in [-0.15, -0.1) is 0 Å². The van der Waals surface area contributed by atoms with Gasteiger partial charge >= 0.3 is 0 Å². The molecule has 0 bridgehead atoms.